The number of aromatic nitrogens is 2. The summed E-state index contributed by atoms with van der Waals surface area (Å²) in [4.78, 5) is 12.1. The van der Waals surface area contributed by atoms with Gasteiger partial charge in [0.25, 0.3) is 0 Å². The van der Waals surface area contributed by atoms with Crippen molar-refractivity contribution in [3.05, 3.63) is 47.7 Å². The van der Waals surface area contributed by atoms with Crippen LogP contribution < -0.4 is 5.32 Å². The molecule has 21 heavy (non-hydrogen) atoms. The molecular formula is C16H19N3O2. The Morgan fingerprint density at radius 2 is 1.95 bits per heavy atom. The quantitative estimate of drug-likeness (QED) is 0.936. The smallest absolute Gasteiger partial charge is 0.309 e. The lowest BCUT2D eigenvalue weighted by molar-refractivity contribution is 0.0902. The first-order chi connectivity index (χ1) is 10.2. The number of rotatable bonds is 4. The number of carbonyl (C=O) groups is 1. The number of nitrogens with one attached hydrogen (secondary N) is 1. The van der Waals surface area contributed by atoms with E-state index in [4.69, 9.17) is 4.42 Å². The van der Waals surface area contributed by atoms with E-state index < -0.39 is 0 Å². The van der Waals surface area contributed by atoms with Crippen molar-refractivity contribution in [1.82, 2.24) is 15.5 Å². The van der Waals surface area contributed by atoms with E-state index >= 15 is 0 Å². The van der Waals surface area contributed by atoms with E-state index in [0.29, 0.717) is 11.8 Å². The monoisotopic (exact) mass is 285 g/mol. The predicted molar refractivity (Wildman–Crippen MR) is 77.8 cm³/mol. The number of amides is 1. The Balaban J connectivity index is 1.65. The molecule has 1 aromatic carbocycles. The van der Waals surface area contributed by atoms with Crippen LogP contribution in [0.2, 0.25) is 0 Å². The maximum atomic E-state index is 12.1. The Kier molecular flexibility index (Phi) is 3.99. The normalized spacial score (nSPS) is 16.8. The zero-order valence-electron chi connectivity index (χ0n) is 12.1. The van der Waals surface area contributed by atoms with Crippen molar-refractivity contribution in [2.45, 2.75) is 44.6 Å². The molecule has 1 aliphatic rings. The first-order valence-corrected chi connectivity index (χ1v) is 7.43. The first-order valence-electron chi connectivity index (χ1n) is 7.43. The molecule has 1 aromatic heterocycles. The maximum absolute atomic E-state index is 12.1. The van der Waals surface area contributed by atoms with Crippen molar-refractivity contribution in [2.75, 3.05) is 0 Å². The second-order valence-corrected chi connectivity index (χ2v) is 5.53. The molecule has 1 fully saturated rings. The first kappa shape index (κ1) is 13.8. The van der Waals surface area contributed by atoms with E-state index in [9.17, 15) is 4.79 Å². The van der Waals surface area contributed by atoms with Gasteiger partial charge >= 0.3 is 11.8 Å². The number of carbonyl (C=O) groups excluding carboxylic acids is 1. The van der Waals surface area contributed by atoms with Crippen molar-refractivity contribution >= 4 is 5.91 Å². The highest BCUT2D eigenvalue weighted by Crippen LogP contribution is 2.33. The van der Waals surface area contributed by atoms with Crippen LogP contribution in [0.4, 0.5) is 0 Å². The minimum absolute atomic E-state index is 0.0553. The molecule has 0 radical (unpaired) electrons. The van der Waals surface area contributed by atoms with Gasteiger partial charge in [-0.2, -0.15) is 0 Å². The summed E-state index contributed by atoms with van der Waals surface area (Å²) in [5, 5.41) is 10.8. The van der Waals surface area contributed by atoms with Gasteiger partial charge in [-0.05, 0) is 25.3 Å². The molecule has 0 aliphatic heterocycles. The zero-order valence-corrected chi connectivity index (χ0v) is 12.1. The fourth-order valence-electron chi connectivity index (χ4n) is 2.75. The molecule has 1 atom stereocenters. The molecule has 0 saturated heterocycles. The highest BCUT2D eigenvalue weighted by molar-refractivity contribution is 5.89. The Hall–Kier alpha value is -2.17. The van der Waals surface area contributed by atoms with E-state index in [2.05, 4.69) is 15.5 Å². The van der Waals surface area contributed by atoms with Crippen LogP contribution in [0, 0.1) is 0 Å². The third-order valence-electron chi connectivity index (χ3n) is 3.99. The van der Waals surface area contributed by atoms with E-state index in [1.54, 1.807) is 0 Å². The van der Waals surface area contributed by atoms with Crippen LogP contribution in [0.25, 0.3) is 0 Å². The lowest BCUT2D eigenvalue weighted by atomic mass is 10.1. The van der Waals surface area contributed by atoms with Crippen LogP contribution in [-0.2, 0) is 0 Å². The van der Waals surface area contributed by atoms with Gasteiger partial charge < -0.3 is 9.73 Å². The van der Waals surface area contributed by atoms with Gasteiger partial charge in [-0.25, -0.2) is 0 Å². The van der Waals surface area contributed by atoms with Crippen LogP contribution >= 0.6 is 0 Å². The second kappa shape index (κ2) is 6.08. The molecule has 5 heteroatoms. The van der Waals surface area contributed by atoms with E-state index in [-0.39, 0.29) is 17.8 Å². The summed E-state index contributed by atoms with van der Waals surface area (Å²) in [5.41, 5.74) is 1.04. The Labute approximate surface area is 123 Å². The molecule has 0 unspecified atom stereocenters. The van der Waals surface area contributed by atoms with Crippen molar-refractivity contribution in [2.24, 2.45) is 0 Å². The maximum Gasteiger partial charge on any atom is 0.309 e. The van der Waals surface area contributed by atoms with Gasteiger partial charge in [0.05, 0.1) is 6.04 Å². The molecule has 3 rings (SSSR count). The van der Waals surface area contributed by atoms with Crippen molar-refractivity contribution in [3.8, 4) is 0 Å². The summed E-state index contributed by atoms with van der Waals surface area (Å²) in [6, 6.07) is 9.70. The minimum Gasteiger partial charge on any atom is -0.417 e. The molecule has 1 saturated carbocycles. The third kappa shape index (κ3) is 3.12. The summed E-state index contributed by atoms with van der Waals surface area (Å²) in [7, 11) is 0. The molecular weight excluding hydrogens is 266 g/mol. The fourth-order valence-corrected chi connectivity index (χ4v) is 2.75. The topological polar surface area (TPSA) is 68.0 Å². The largest absolute Gasteiger partial charge is 0.417 e. The Morgan fingerprint density at radius 3 is 2.67 bits per heavy atom. The lowest BCUT2D eigenvalue weighted by Gasteiger charge is -2.12. The molecule has 1 heterocycles. The summed E-state index contributed by atoms with van der Waals surface area (Å²) in [6.45, 7) is 1.93. The number of hydrogen-bond acceptors (Lipinski definition) is 4. The van der Waals surface area contributed by atoms with E-state index in [0.717, 1.165) is 18.4 Å². The predicted octanol–water partition coefficient (Wildman–Crippen LogP) is 3.22. The van der Waals surface area contributed by atoms with Crippen molar-refractivity contribution < 1.29 is 9.21 Å². The van der Waals surface area contributed by atoms with Crippen molar-refractivity contribution in [3.63, 3.8) is 0 Å². The number of benzene rings is 1. The van der Waals surface area contributed by atoms with Crippen LogP contribution in [-0.4, -0.2) is 16.1 Å². The molecule has 0 spiro atoms. The SMILES string of the molecule is C[C@H](NC(=O)c1nnc(C2CCCC2)o1)c1ccccc1. The van der Waals surface area contributed by atoms with Gasteiger partial charge in [0.2, 0.25) is 5.89 Å². The molecule has 1 N–H and O–H groups in total. The number of nitrogens with zero attached hydrogens (tertiary/aromatic N) is 2. The molecule has 5 nitrogen and oxygen atoms in total. The average molecular weight is 285 g/mol. The van der Waals surface area contributed by atoms with E-state index in [1.165, 1.54) is 12.8 Å². The van der Waals surface area contributed by atoms with Gasteiger partial charge in [0.15, 0.2) is 0 Å². The summed E-state index contributed by atoms with van der Waals surface area (Å²) < 4.78 is 5.53. The van der Waals surface area contributed by atoms with Crippen LogP contribution in [0.3, 0.4) is 0 Å². The van der Waals surface area contributed by atoms with E-state index in [1.807, 2.05) is 37.3 Å². The minimum atomic E-state index is -0.317. The molecule has 0 bridgehead atoms. The van der Waals surface area contributed by atoms with Crippen LogP contribution in [0.1, 0.15) is 66.7 Å². The lowest BCUT2D eigenvalue weighted by Crippen LogP contribution is -2.26. The van der Waals surface area contributed by atoms with Crippen LogP contribution in [0.15, 0.2) is 34.7 Å². The third-order valence-corrected chi connectivity index (χ3v) is 3.99. The highest BCUT2D eigenvalue weighted by atomic mass is 16.4. The van der Waals surface area contributed by atoms with Gasteiger partial charge in [-0.3, -0.25) is 4.79 Å². The average Bonchev–Trinajstić information content (AvgIpc) is 3.19. The van der Waals surface area contributed by atoms with Gasteiger partial charge in [-0.1, -0.05) is 43.2 Å². The second-order valence-electron chi connectivity index (χ2n) is 5.53. The molecule has 1 aliphatic carbocycles. The van der Waals surface area contributed by atoms with Gasteiger partial charge in [0.1, 0.15) is 0 Å². The summed E-state index contributed by atoms with van der Waals surface area (Å²) >= 11 is 0. The standard InChI is InChI=1S/C16H19N3O2/c1-11(12-7-3-2-4-8-12)17-14(20)16-19-18-15(21-16)13-9-5-6-10-13/h2-4,7-8,11,13H,5-6,9-10H2,1H3,(H,17,20)/t11-/m0/s1. The Bertz CT molecular complexity index is 603. The van der Waals surface area contributed by atoms with Crippen molar-refractivity contribution in [1.29, 1.82) is 0 Å². The number of hydrogen-bond donors (Lipinski definition) is 1. The Morgan fingerprint density at radius 1 is 1.24 bits per heavy atom. The molecule has 2 aromatic rings. The van der Waals surface area contributed by atoms with Crippen LogP contribution in [0.5, 0.6) is 0 Å². The molecule has 110 valence electrons. The van der Waals surface area contributed by atoms with Gasteiger partial charge in [0, 0.05) is 5.92 Å². The summed E-state index contributed by atoms with van der Waals surface area (Å²) in [6.07, 6.45) is 4.53. The highest BCUT2D eigenvalue weighted by Gasteiger charge is 2.25. The van der Waals surface area contributed by atoms with Gasteiger partial charge in [-0.15, -0.1) is 10.2 Å². The zero-order chi connectivity index (χ0) is 14.7. The fraction of sp³-hybridized carbons (Fsp3) is 0.438. The molecule has 1 amide bonds. The summed E-state index contributed by atoms with van der Waals surface area (Å²) in [5.74, 6) is 0.665.